The topological polar surface area (TPSA) is 106 Å². The Hall–Kier alpha value is -3.63. The number of para-hydroxylation sites is 1. The van der Waals surface area contributed by atoms with Crippen LogP contribution in [-0.2, 0) is 17.9 Å². The first kappa shape index (κ1) is 21.1. The molecular weight excluding hydrogens is 405 g/mol. The number of nitrogens with one attached hydrogen (secondary N) is 2. The van der Waals surface area contributed by atoms with Crippen LogP contribution in [0.5, 0.6) is 5.88 Å². The van der Waals surface area contributed by atoms with Crippen molar-refractivity contribution in [1.29, 1.82) is 0 Å². The molecule has 158 valence electrons. The number of aryl methyl sites for hydroxylation is 1. The van der Waals surface area contributed by atoms with E-state index in [-0.39, 0.29) is 31.3 Å². The van der Waals surface area contributed by atoms with E-state index in [2.05, 4.69) is 20.0 Å². The van der Waals surface area contributed by atoms with E-state index < -0.39 is 24.0 Å². The van der Waals surface area contributed by atoms with Gasteiger partial charge in [-0.1, -0.05) is 12.1 Å². The molecule has 3 aromatic rings. The molecule has 0 fully saturated rings. The zero-order valence-electron chi connectivity index (χ0n) is 15.5. The number of pyridine rings is 1. The molecular formula is C19H17F3N4O4. The van der Waals surface area contributed by atoms with Crippen LogP contribution in [0, 0.1) is 0 Å². The second-order valence-corrected chi connectivity index (χ2v) is 6.36. The molecule has 0 saturated heterocycles. The number of hydrogen-bond donors (Lipinski definition) is 2. The van der Waals surface area contributed by atoms with Crippen molar-refractivity contribution in [2.45, 2.75) is 25.7 Å². The van der Waals surface area contributed by atoms with Crippen molar-refractivity contribution in [3.8, 4) is 5.88 Å². The highest BCUT2D eigenvalue weighted by Crippen LogP contribution is 2.17. The van der Waals surface area contributed by atoms with Gasteiger partial charge in [0, 0.05) is 31.8 Å². The lowest BCUT2D eigenvalue weighted by Gasteiger charge is -2.11. The third-order valence-corrected chi connectivity index (χ3v) is 4.14. The molecule has 1 amide bonds. The van der Waals surface area contributed by atoms with Gasteiger partial charge < -0.3 is 10.1 Å². The third-order valence-electron chi connectivity index (χ3n) is 4.14. The summed E-state index contributed by atoms with van der Waals surface area (Å²) in [4.78, 5) is 42.0. The zero-order chi connectivity index (χ0) is 21.7. The number of fused-ring (bicyclic) bond motifs is 1. The Balaban J connectivity index is 1.60. The van der Waals surface area contributed by atoms with Crippen LogP contribution in [0.3, 0.4) is 0 Å². The Morgan fingerprint density at radius 1 is 1.20 bits per heavy atom. The predicted molar refractivity (Wildman–Crippen MR) is 101 cm³/mol. The van der Waals surface area contributed by atoms with Gasteiger partial charge in [-0.25, -0.2) is 9.78 Å². The van der Waals surface area contributed by atoms with Crippen LogP contribution >= 0.6 is 0 Å². The molecule has 0 aliphatic heterocycles. The van der Waals surface area contributed by atoms with E-state index in [0.29, 0.717) is 16.5 Å². The van der Waals surface area contributed by atoms with E-state index in [1.54, 1.807) is 24.3 Å². The average molecular weight is 422 g/mol. The van der Waals surface area contributed by atoms with Crippen LogP contribution in [0.15, 0.2) is 52.2 Å². The smallest absolute Gasteiger partial charge is 0.422 e. The summed E-state index contributed by atoms with van der Waals surface area (Å²) in [5.74, 6) is -0.586. The summed E-state index contributed by atoms with van der Waals surface area (Å²) in [5.41, 5.74) is -0.202. The molecule has 2 aromatic heterocycles. The summed E-state index contributed by atoms with van der Waals surface area (Å²) < 4.78 is 42.5. The van der Waals surface area contributed by atoms with E-state index in [0.717, 1.165) is 0 Å². The van der Waals surface area contributed by atoms with Crippen LogP contribution in [0.25, 0.3) is 10.9 Å². The number of alkyl halides is 3. The van der Waals surface area contributed by atoms with Crippen molar-refractivity contribution in [1.82, 2.24) is 19.9 Å². The van der Waals surface area contributed by atoms with Crippen molar-refractivity contribution in [3.05, 3.63) is 69.0 Å². The predicted octanol–water partition coefficient (Wildman–Crippen LogP) is 1.73. The minimum Gasteiger partial charge on any atom is -0.468 e. The maximum absolute atomic E-state index is 12.2. The minimum absolute atomic E-state index is 0.0399. The van der Waals surface area contributed by atoms with Crippen molar-refractivity contribution in [3.63, 3.8) is 0 Å². The highest BCUT2D eigenvalue weighted by atomic mass is 19.4. The molecule has 0 aliphatic carbocycles. The maximum Gasteiger partial charge on any atom is 0.422 e. The van der Waals surface area contributed by atoms with Crippen molar-refractivity contribution in [2.24, 2.45) is 0 Å². The van der Waals surface area contributed by atoms with Crippen molar-refractivity contribution < 1.29 is 22.7 Å². The molecule has 0 unspecified atom stereocenters. The van der Waals surface area contributed by atoms with Gasteiger partial charge in [0.05, 0.1) is 10.9 Å². The van der Waals surface area contributed by atoms with Crippen LogP contribution < -0.4 is 21.3 Å². The average Bonchev–Trinajstić information content (AvgIpc) is 2.70. The Morgan fingerprint density at radius 3 is 2.73 bits per heavy atom. The molecule has 0 atom stereocenters. The zero-order valence-corrected chi connectivity index (χ0v) is 15.5. The van der Waals surface area contributed by atoms with E-state index in [1.807, 2.05) is 0 Å². The summed E-state index contributed by atoms with van der Waals surface area (Å²) >= 11 is 0. The molecule has 0 radical (unpaired) electrons. The standard InChI is InChI=1S/C19H17F3N4O4/c20-19(21,22)11-30-16-9-12(5-7-23-16)10-24-15(27)6-8-26-14-4-2-1-3-13(14)17(28)25-18(26)29/h1-5,7,9H,6,8,10-11H2,(H,24,27)(H,25,28,29). The number of carbonyl (C=O) groups excluding carboxylic acids is 1. The summed E-state index contributed by atoms with van der Waals surface area (Å²) in [6, 6.07) is 9.36. The number of halogens is 3. The number of hydrogen-bond acceptors (Lipinski definition) is 5. The van der Waals surface area contributed by atoms with Crippen molar-refractivity contribution in [2.75, 3.05) is 6.61 Å². The fourth-order valence-electron chi connectivity index (χ4n) is 2.76. The van der Waals surface area contributed by atoms with Crippen LogP contribution in [0.1, 0.15) is 12.0 Å². The molecule has 0 saturated carbocycles. The van der Waals surface area contributed by atoms with E-state index in [4.69, 9.17) is 0 Å². The highest BCUT2D eigenvalue weighted by Gasteiger charge is 2.28. The Bertz CT molecular complexity index is 1170. The summed E-state index contributed by atoms with van der Waals surface area (Å²) in [7, 11) is 0. The molecule has 1 aromatic carbocycles. The molecule has 30 heavy (non-hydrogen) atoms. The molecule has 0 spiro atoms. The number of benzene rings is 1. The monoisotopic (exact) mass is 422 g/mol. The molecule has 8 nitrogen and oxygen atoms in total. The van der Waals surface area contributed by atoms with E-state index >= 15 is 0 Å². The SMILES string of the molecule is O=C(CCn1c(=O)[nH]c(=O)c2ccccc21)NCc1ccnc(OCC(F)(F)F)c1. The second-order valence-electron chi connectivity index (χ2n) is 6.36. The number of aromatic nitrogens is 3. The third kappa shape index (κ3) is 5.46. The lowest BCUT2D eigenvalue weighted by molar-refractivity contribution is -0.154. The number of rotatable bonds is 7. The number of amides is 1. The highest BCUT2D eigenvalue weighted by molar-refractivity contribution is 5.78. The lowest BCUT2D eigenvalue weighted by Crippen LogP contribution is -2.32. The van der Waals surface area contributed by atoms with Gasteiger partial charge in [0.2, 0.25) is 11.8 Å². The number of nitrogens with zero attached hydrogens (tertiary/aromatic N) is 2. The number of ether oxygens (including phenoxy) is 1. The molecule has 0 aliphatic rings. The molecule has 0 bridgehead atoms. The molecule has 2 heterocycles. The molecule has 11 heteroatoms. The normalized spacial score (nSPS) is 11.4. The second kappa shape index (κ2) is 8.80. The number of aromatic amines is 1. The summed E-state index contributed by atoms with van der Waals surface area (Å²) in [5, 5.41) is 2.95. The van der Waals surface area contributed by atoms with Gasteiger partial charge in [-0.2, -0.15) is 13.2 Å². The van der Waals surface area contributed by atoms with Crippen LogP contribution in [0.2, 0.25) is 0 Å². The number of carbonyl (C=O) groups is 1. The van der Waals surface area contributed by atoms with Gasteiger partial charge in [-0.15, -0.1) is 0 Å². The minimum atomic E-state index is -4.48. The Kier molecular flexibility index (Phi) is 6.19. The fourth-order valence-corrected chi connectivity index (χ4v) is 2.76. The first-order valence-corrected chi connectivity index (χ1v) is 8.86. The lowest BCUT2D eigenvalue weighted by atomic mass is 10.2. The van der Waals surface area contributed by atoms with Gasteiger partial charge >= 0.3 is 11.9 Å². The Labute approximate surface area is 167 Å². The summed E-state index contributed by atoms with van der Waals surface area (Å²) in [6.07, 6.45) is -3.24. The van der Waals surface area contributed by atoms with Gasteiger partial charge in [0.25, 0.3) is 5.56 Å². The van der Waals surface area contributed by atoms with Crippen molar-refractivity contribution >= 4 is 16.8 Å². The van der Waals surface area contributed by atoms with Crippen LogP contribution in [-0.4, -0.2) is 33.2 Å². The Morgan fingerprint density at radius 2 is 1.97 bits per heavy atom. The van der Waals surface area contributed by atoms with Gasteiger partial charge in [-0.3, -0.25) is 19.1 Å². The first-order valence-electron chi connectivity index (χ1n) is 8.86. The van der Waals surface area contributed by atoms with Gasteiger partial charge in [0.1, 0.15) is 0 Å². The largest absolute Gasteiger partial charge is 0.468 e. The van der Waals surface area contributed by atoms with Gasteiger partial charge in [-0.05, 0) is 23.8 Å². The first-order chi connectivity index (χ1) is 14.2. The molecule has 3 rings (SSSR count). The number of H-pyrrole nitrogens is 1. The maximum atomic E-state index is 12.2. The fraction of sp³-hybridized carbons (Fsp3) is 0.263. The van der Waals surface area contributed by atoms with E-state index in [9.17, 15) is 27.6 Å². The summed E-state index contributed by atoms with van der Waals surface area (Å²) in [6.45, 7) is -1.37. The van der Waals surface area contributed by atoms with Gasteiger partial charge in [0.15, 0.2) is 6.61 Å². The molecule has 2 N–H and O–H groups in total. The quantitative estimate of drug-likeness (QED) is 0.603. The van der Waals surface area contributed by atoms with Crippen LogP contribution in [0.4, 0.5) is 13.2 Å². The van der Waals surface area contributed by atoms with E-state index in [1.165, 1.54) is 22.9 Å².